The van der Waals surface area contributed by atoms with Crippen molar-refractivity contribution in [1.82, 2.24) is 9.88 Å². The van der Waals surface area contributed by atoms with E-state index in [0.717, 1.165) is 0 Å². The van der Waals surface area contributed by atoms with E-state index >= 15 is 0 Å². The number of rotatable bonds is 4. The number of carbonyl (C=O) groups is 2. The van der Waals surface area contributed by atoms with Crippen LogP contribution >= 0.6 is 0 Å². The Hall–Kier alpha value is -2.16. The van der Waals surface area contributed by atoms with Gasteiger partial charge in [-0.25, -0.2) is 0 Å². The van der Waals surface area contributed by atoms with Gasteiger partial charge in [0, 0.05) is 18.3 Å². The summed E-state index contributed by atoms with van der Waals surface area (Å²) >= 11 is 0. The van der Waals surface area contributed by atoms with Crippen LogP contribution in [0.25, 0.3) is 0 Å². The van der Waals surface area contributed by atoms with Crippen LogP contribution < -0.4 is 5.32 Å². The zero-order chi connectivity index (χ0) is 17.0. The minimum Gasteiger partial charge on any atom is -0.392 e. The summed E-state index contributed by atoms with van der Waals surface area (Å²) in [6.45, 7) is -1.71. The quantitative estimate of drug-likeness (QED) is 0.815. The van der Waals surface area contributed by atoms with Gasteiger partial charge in [-0.3, -0.25) is 14.6 Å². The first kappa shape index (κ1) is 17.2. The fraction of sp³-hybridized carbons (Fsp3) is 0.500. The molecule has 0 bridgehead atoms. The van der Waals surface area contributed by atoms with E-state index in [0.29, 0.717) is 16.9 Å². The third kappa shape index (κ3) is 4.41. The van der Waals surface area contributed by atoms with E-state index in [1.165, 1.54) is 18.5 Å². The van der Waals surface area contributed by atoms with E-state index < -0.39 is 30.5 Å². The highest BCUT2D eigenvalue weighted by molar-refractivity contribution is 6.07. The van der Waals surface area contributed by atoms with Crippen molar-refractivity contribution in [2.45, 2.75) is 25.6 Å². The molecule has 1 aliphatic rings. The van der Waals surface area contributed by atoms with Crippen molar-refractivity contribution in [2.24, 2.45) is 5.92 Å². The predicted octanol–water partition coefficient (Wildman–Crippen LogP) is 1.31. The zero-order valence-corrected chi connectivity index (χ0v) is 12.1. The molecule has 1 atom stereocenters. The largest absolute Gasteiger partial charge is 0.406 e. The van der Waals surface area contributed by atoms with E-state index in [-0.39, 0.29) is 25.3 Å². The number of piperidine rings is 1. The molecule has 6 nitrogen and oxygen atoms in total. The highest BCUT2D eigenvalue weighted by atomic mass is 19.4. The molecular weight excluding hydrogens is 315 g/mol. The second-order valence-electron chi connectivity index (χ2n) is 5.25. The molecule has 23 heavy (non-hydrogen) atoms. The number of anilines is 1. The predicted molar refractivity (Wildman–Crippen MR) is 74.1 cm³/mol. The van der Waals surface area contributed by atoms with E-state index in [2.05, 4.69) is 10.3 Å². The lowest BCUT2D eigenvalue weighted by Gasteiger charge is -2.32. The van der Waals surface area contributed by atoms with E-state index in [1.807, 2.05) is 0 Å². The molecule has 9 heteroatoms. The number of likely N-dealkylation sites (tertiary alicyclic amines) is 1. The number of nitrogens with zero attached hydrogens (tertiary/aromatic N) is 2. The van der Waals surface area contributed by atoms with E-state index in [1.54, 1.807) is 0 Å². The Balaban J connectivity index is 2.08. The molecule has 1 unspecified atom stereocenters. The molecule has 2 rings (SSSR count). The second-order valence-corrected chi connectivity index (χ2v) is 5.25. The summed E-state index contributed by atoms with van der Waals surface area (Å²) < 4.78 is 37.4. The molecule has 0 radical (unpaired) electrons. The Morgan fingerprint density at radius 3 is 2.87 bits per heavy atom. The van der Waals surface area contributed by atoms with E-state index in [4.69, 9.17) is 0 Å². The van der Waals surface area contributed by atoms with Gasteiger partial charge >= 0.3 is 6.18 Å². The van der Waals surface area contributed by atoms with Crippen LogP contribution in [-0.4, -0.2) is 46.1 Å². The maximum absolute atomic E-state index is 12.5. The number of halogens is 3. The van der Waals surface area contributed by atoms with Crippen molar-refractivity contribution in [3.05, 3.63) is 24.0 Å². The van der Waals surface area contributed by atoms with Crippen LogP contribution in [0.1, 0.15) is 18.4 Å². The van der Waals surface area contributed by atoms with Crippen LogP contribution in [0.5, 0.6) is 0 Å². The van der Waals surface area contributed by atoms with Crippen LogP contribution in [-0.2, 0) is 16.2 Å². The van der Waals surface area contributed by atoms with Gasteiger partial charge in [0.15, 0.2) is 0 Å². The Kier molecular flexibility index (Phi) is 5.19. The Morgan fingerprint density at radius 2 is 2.22 bits per heavy atom. The number of amides is 2. The molecule has 0 spiro atoms. The van der Waals surface area contributed by atoms with E-state index in [9.17, 15) is 27.9 Å². The highest BCUT2D eigenvalue weighted by Gasteiger charge is 2.39. The average molecular weight is 331 g/mol. The van der Waals surface area contributed by atoms with Crippen molar-refractivity contribution < 1.29 is 27.9 Å². The number of aliphatic hydroxyl groups is 1. The van der Waals surface area contributed by atoms with Crippen LogP contribution in [0.4, 0.5) is 18.9 Å². The fourth-order valence-corrected chi connectivity index (χ4v) is 2.45. The molecule has 1 fully saturated rings. The van der Waals surface area contributed by atoms with Gasteiger partial charge in [0.25, 0.3) is 0 Å². The number of alkyl halides is 3. The van der Waals surface area contributed by atoms with Crippen molar-refractivity contribution in [2.75, 3.05) is 18.4 Å². The maximum Gasteiger partial charge on any atom is 0.406 e. The first-order valence-corrected chi connectivity index (χ1v) is 7.02. The molecule has 126 valence electrons. The Labute approximate surface area is 130 Å². The number of aromatic nitrogens is 1. The molecular formula is C14H16F3N3O3. The minimum absolute atomic E-state index is 0.0170. The minimum atomic E-state index is -4.50. The number of aliphatic hydroxyl groups excluding tert-OH is 1. The second kappa shape index (κ2) is 6.95. The fourth-order valence-electron chi connectivity index (χ4n) is 2.45. The lowest BCUT2D eigenvalue weighted by atomic mass is 9.96. The highest BCUT2D eigenvalue weighted by Crippen LogP contribution is 2.25. The molecule has 1 aliphatic heterocycles. The van der Waals surface area contributed by atoms with Crippen LogP contribution in [0.3, 0.4) is 0 Å². The van der Waals surface area contributed by atoms with Gasteiger partial charge in [0.1, 0.15) is 12.5 Å². The van der Waals surface area contributed by atoms with Gasteiger partial charge in [0.05, 0.1) is 18.5 Å². The van der Waals surface area contributed by atoms with Gasteiger partial charge in [-0.05, 0) is 18.9 Å². The Bertz CT molecular complexity index is 592. The summed E-state index contributed by atoms with van der Waals surface area (Å²) in [5, 5.41) is 11.6. The Morgan fingerprint density at radius 1 is 1.48 bits per heavy atom. The molecule has 1 aromatic heterocycles. The summed E-state index contributed by atoms with van der Waals surface area (Å²) in [5.74, 6) is -2.69. The zero-order valence-electron chi connectivity index (χ0n) is 12.1. The molecule has 2 N–H and O–H groups in total. The first-order chi connectivity index (χ1) is 10.8. The summed E-state index contributed by atoms with van der Waals surface area (Å²) in [5.41, 5.74) is 0.643. The third-order valence-electron chi connectivity index (χ3n) is 3.56. The summed E-state index contributed by atoms with van der Waals surface area (Å²) in [7, 11) is 0. The molecule has 1 saturated heterocycles. The van der Waals surface area contributed by atoms with Gasteiger partial charge < -0.3 is 15.3 Å². The molecule has 2 amide bonds. The van der Waals surface area contributed by atoms with Gasteiger partial charge in [-0.2, -0.15) is 13.2 Å². The van der Waals surface area contributed by atoms with Crippen molar-refractivity contribution >= 4 is 17.5 Å². The standard InChI is InChI=1S/C14H16F3N3O3/c15-14(16,17)8-20-5-1-2-10(13(20)23)12(22)19-11-6-18-4-3-9(11)7-21/h3-4,6,10,21H,1-2,5,7-8H2,(H,19,22). The topological polar surface area (TPSA) is 82.5 Å². The molecule has 2 heterocycles. The van der Waals surface area contributed by atoms with Crippen molar-refractivity contribution in [1.29, 1.82) is 0 Å². The third-order valence-corrected chi connectivity index (χ3v) is 3.56. The number of pyridine rings is 1. The summed E-state index contributed by atoms with van der Waals surface area (Å²) in [6.07, 6.45) is -1.25. The first-order valence-electron chi connectivity index (χ1n) is 7.02. The summed E-state index contributed by atoms with van der Waals surface area (Å²) in [6, 6.07) is 1.49. The monoisotopic (exact) mass is 331 g/mol. The van der Waals surface area contributed by atoms with Crippen LogP contribution in [0, 0.1) is 5.92 Å². The normalized spacial score (nSPS) is 18.9. The van der Waals surface area contributed by atoms with Gasteiger partial charge in [-0.1, -0.05) is 0 Å². The number of nitrogens with one attached hydrogen (secondary N) is 1. The number of hydrogen-bond donors (Lipinski definition) is 2. The number of hydrogen-bond acceptors (Lipinski definition) is 4. The SMILES string of the molecule is O=C(Nc1cnccc1CO)C1CCCN(CC(F)(F)F)C1=O. The smallest absolute Gasteiger partial charge is 0.392 e. The lowest BCUT2D eigenvalue weighted by Crippen LogP contribution is -2.49. The lowest BCUT2D eigenvalue weighted by molar-refractivity contribution is -0.167. The van der Waals surface area contributed by atoms with Crippen LogP contribution in [0.15, 0.2) is 18.5 Å². The average Bonchev–Trinajstić information content (AvgIpc) is 2.48. The number of carbonyl (C=O) groups excluding carboxylic acids is 2. The molecule has 1 aromatic rings. The molecule has 0 aromatic carbocycles. The van der Waals surface area contributed by atoms with Crippen molar-refractivity contribution in [3.8, 4) is 0 Å². The van der Waals surface area contributed by atoms with Crippen LogP contribution in [0.2, 0.25) is 0 Å². The molecule has 0 saturated carbocycles. The summed E-state index contributed by atoms with van der Waals surface area (Å²) in [4.78, 5) is 28.8. The van der Waals surface area contributed by atoms with Gasteiger partial charge in [-0.15, -0.1) is 0 Å². The van der Waals surface area contributed by atoms with Gasteiger partial charge in [0.2, 0.25) is 11.8 Å². The van der Waals surface area contributed by atoms with Crippen molar-refractivity contribution in [3.63, 3.8) is 0 Å². The molecule has 0 aliphatic carbocycles. The maximum atomic E-state index is 12.5.